The Bertz CT molecular complexity index is 335. The van der Waals surface area contributed by atoms with Crippen LogP contribution in [0.25, 0.3) is 0 Å². The van der Waals surface area contributed by atoms with E-state index in [1.165, 1.54) is 0 Å². The Hall–Kier alpha value is -1.04. The molecule has 1 aromatic rings. The van der Waals surface area contributed by atoms with E-state index in [0.717, 1.165) is 5.56 Å². The number of carbonyl (C=O) groups is 1. The van der Waals surface area contributed by atoms with Crippen molar-refractivity contribution < 1.29 is 9.00 Å². The van der Waals surface area contributed by atoms with Crippen LogP contribution in [0.3, 0.4) is 0 Å². The highest BCUT2D eigenvalue weighted by atomic mass is 32.2. The maximum Gasteiger partial charge on any atom is 0.265 e. The Morgan fingerprint density at radius 3 is 2.38 bits per heavy atom. The summed E-state index contributed by atoms with van der Waals surface area (Å²) < 4.78 is 10.9. The summed E-state index contributed by atoms with van der Waals surface area (Å²) in [6, 6.07) is 6.79. The fraction of sp³-hybridized carbons (Fsp3) is 0.125. The number of hydrogen-bond acceptors (Lipinski definition) is 3. The number of aryl methyl sites for hydroxylation is 1. The summed E-state index contributed by atoms with van der Waals surface area (Å²) in [5.41, 5.74) is 1.44. The lowest BCUT2D eigenvalue weighted by molar-refractivity contribution is 0.108. The minimum atomic E-state index is -1.84. The molecule has 0 spiro atoms. The molecule has 0 aromatic heterocycles. The Balaban J connectivity index is 2.90. The Morgan fingerprint density at radius 2 is 1.92 bits per heavy atom. The van der Waals surface area contributed by atoms with Crippen molar-refractivity contribution in [3.63, 3.8) is 0 Å². The van der Waals surface area contributed by atoms with E-state index in [0.29, 0.717) is 5.56 Å². The second-order valence-corrected chi connectivity index (χ2v) is 3.68. The van der Waals surface area contributed by atoms with Crippen molar-refractivity contribution in [2.45, 2.75) is 6.92 Å². The Morgan fingerprint density at radius 1 is 1.38 bits per heavy atom. The van der Waals surface area contributed by atoms with Crippen LogP contribution in [0.1, 0.15) is 15.9 Å². The van der Waals surface area contributed by atoms with Gasteiger partial charge in [-0.25, -0.2) is 4.21 Å². The van der Waals surface area contributed by atoms with E-state index in [4.69, 9.17) is 5.84 Å². The van der Waals surface area contributed by atoms with Crippen molar-refractivity contribution in [1.82, 2.24) is 4.83 Å². The molecule has 4 nitrogen and oxygen atoms in total. The van der Waals surface area contributed by atoms with Gasteiger partial charge in [0.1, 0.15) is 0 Å². The summed E-state index contributed by atoms with van der Waals surface area (Å²) in [5.74, 6) is 4.87. The summed E-state index contributed by atoms with van der Waals surface area (Å²) >= 11 is 0. The fourth-order valence-corrected chi connectivity index (χ4v) is 1.31. The van der Waals surface area contributed by atoms with Crippen molar-refractivity contribution >= 4 is 16.1 Å². The van der Waals surface area contributed by atoms with Gasteiger partial charge in [-0.05, 0) is 6.92 Å². The average molecular weight is 198 g/mol. The van der Waals surface area contributed by atoms with E-state index in [9.17, 15) is 9.00 Å². The van der Waals surface area contributed by atoms with Gasteiger partial charge >= 0.3 is 0 Å². The topological polar surface area (TPSA) is 72.2 Å². The van der Waals surface area contributed by atoms with Crippen LogP contribution in [-0.2, 0) is 11.0 Å². The van der Waals surface area contributed by atoms with Crippen molar-refractivity contribution in [2.75, 3.05) is 0 Å². The molecule has 0 radical (unpaired) electrons. The SMILES string of the molecule is Cc1ccc(C(=O)S(=O)NN)cc1. The molecule has 0 amide bonds. The van der Waals surface area contributed by atoms with E-state index in [1.54, 1.807) is 24.3 Å². The molecule has 0 saturated carbocycles. The second-order valence-electron chi connectivity index (χ2n) is 2.54. The normalized spacial score (nSPS) is 12.5. The van der Waals surface area contributed by atoms with E-state index in [2.05, 4.69) is 0 Å². The number of benzene rings is 1. The van der Waals surface area contributed by atoms with Crippen molar-refractivity contribution in [1.29, 1.82) is 0 Å². The minimum absolute atomic E-state index is 0.391. The average Bonchev–Trinajstić information content (AvgIpc) is 2.17. The lowest BCUT2D eigenvalue weighted by atomic mass is 10.2. The summed E-state index contributed by atoms with van der Waals surface area (Å²) in [7, 11) is -1.84. The number of hydrazine groups is 1. The zero-order valence-electron chi connectivity index (χ0n) is 7.11. The molecule has 70 valence electrons. The number of nitrogens with one attached hydrogen (secondary N) is 1. The van der Waals surface area contributed by atoms with Crippen LogP contribution in [0.5, 0.6) is 0 Å². The van der Waals surface area contributed by atoms with Gasteiger partial charge in [0.2, 0.25) is 0 Å². The molecule has 0 heterocycles. The first kappa shape index (κ1) is 10.0. The lowest BCUT2D eigenvalue weighted by Crippen LogP contribution is -2.30. The third kappa shape index (κ3) is 2.45. The van der Waals surface area contributed by atoms with Gasteiger partial charge in [0.25, 0.3) is 5.12 Å². The molecule has 0 aliphatic rings. The van der Waals surface area contributed by atoms with Crippen molar-refractivity contribution in [3.8, 4) is 0 Å². The largest absolute Gasteiger partial charge is 0.277 e. The molecule has 1 atom stereocenters. The van der Waals surface area contributed by atoms with Gasteiger partial charge in [-0.3, -0.25) is 10.6 Å². The summed E-state index contributed by atoms with van der Waals surface area (Å²) in [4.78, 5) is 13.1. The van der Waals surface area contributed by atoms with Crippen LogP contribution in [0.2, 0.25) is 0 Å². The lowest BCUT2D eigenvalue weighted by Gasteiger charge is -1.99. The standard InChI is InChI=1S/C8H10N2O2S/c1-6-2-4-7(5-3-6)8(11)13(12)10-9/h2-5,10H,9H2,1H3. The van der Waals surface area contributed by atoms with E-state index in [1.807, 2.05) is 11.8 Å². The Kier molecular flexibility index (Phi) is 3.30. The van der Waals surface area contributed by atoms with Crippen molar-refractivity contribution in [3.05, 3.63) is 35.4 Å². The zero-order chi connectivity index (χ0) is 9.84. The van der Waals surface area contributed by atoms with Crippen molar-refractivity contribution in [2.24, 2.45) is 5.84 Å². The maximum absolute atomic E-state index is 11.2. The molecule has 1 unspecified atom stereocenters. The molecule has 5 heteroatoms. The summed E-state index contributed by atoms with van der Waals surface area (Å²) in [6.07, 6.45) is 0. The molecule has 0 fully saturated rings. The van der Waals surface area contributed by atoms with Crippen LogP contribution in [0, 0.1) is 6.92 Å². The monoisotopic (exact) mass is 198 g/mol. The molecule has 0 bridgehead atoms. The van der Waals surface area contributed by atoms with Gasteiger partial charge in [-0.1, -0.05) is 29.8 Å². The molecule has 1 aromatic carbocycles. The molecule has 0 saturated heterocycles. The fourth-order valence-electron chi connectivity index (χ4n) is 0.850. The van der Waals surface area contributed by atoms with E-state index >= 15 is 0 Å². The zero-order valence-corrected chi connectivity index (χ0v) is 7.93. The van der Waals surface area contributed by atoms with Gasteiger partial charge in [0.05, 0.1) is 0 Å². The van der Waals surface area contributed by atoms with Gasteiger partial charge in [0.15, 0.2) is 11.0 Å². The first-order valence-electron chi connectivity index (χ1n) is 3.64. The second kappa shape index (κ2) is 4.27. The molecular formula is C8H10N2O2S. The van der Waals surface area contributed by atoms with Gasteiger partial charge in [-0.2, -0.15) is 4.83 Å². The third-order valence-electron chi connectivity index (χ3n) is 1.56. The number of rotatable bonds is 2. The smallest absolute Gasteiger partial charge is 0.265 e. The highest BCUT2D eigenvalue weighted by Crippen LogP contribution is 2.04. The van der Waals surface area contributed by atoms with E-state index < -0.39 is 16.1 Å². The highest BCUT2D eigenvalue weighted by molar-refractivity contribution is 7.99. The first-order valence-corrected chi connectivity index (χ1v) is 4.79. The number of carbonyl (C=O) groups excluding carboxylic acids is 1. The predicted octanol–water partition coefficient (Wildman–Crippen LogP) is 0.262. The highest BCUT2D eigenvalue weighted by Gasteiger charge is 2.11. The van der Waals surface area contributed by atoms with Crippen LogP contribution >= 0.6 is 0 Å². The molecule has 1 rings (SSSR count). The number of hydrogen-bond donors (Lipinski definition) is 2. The Labute approximate surface area is 78.7 Å². The predicted molar refractivity (Wildman–Crippen MR) is 51.0 cm³/mol. The molecule has 0 aliphatic heterocycles. The minimum Gasteiger partial charge on any atom is -0.277 e. The van der Waals surface area contributed by atoms with Gasteiger partial charge in [0, 0.05) is 5.56 Å². The van der Waals surface area contributed by atoms with Gasteiger partial charge < -0.3 is 0 Å². The maximum atomic E-state index is 11.2. The summed E-state index contributed by atoms with van der Waals surface area (Å²) in [5, 5.41) is -0.512. The summed E-state index contributed by atoms with van der Waals surface area (Å²) in [6.45, 7) is 1.91. The molecule has 3 N–H and O–H groups in total. The number of nitrogens with two attached hydrogens (primary N) is 1. The quantitative estimate of drug-likeness (QED) is 0.529. The molecular weight excluding hydrogens is 188 g/mol. The van der Waals surface area contributed by atoms with Crippen LogP contribution < -0.4 is 10.7 Å². The molecule has 13 heavy (non-hydrogen) atoms. The van der Waals surface area contributed by atoms with E-state index in [-0.39, 0.29) is 0 Å². The van der Waals surface area contributed by atoms with Crippen LogP contribution in [0.4, 0.5) is 0 Å². The van der Waals surface area contributed by atoms with Crippen LogP contribution in [0.15, 0.2) is 24.3 Å². The van der Waals surface area contributed by atoms with Crippen LogP contribution in [-0.4, -0.2) is 9.32 Å². The molecule has 0 aliphatic carbocycles. The van der Waals surface area contributed by atoms with Gasteiger partial charge in [-0.15, -0.1) is 0 Å². The first-order chi connectivity index (χ1) is 6.15. The third-order valence-corrected chi connectivity index (χ3v) is 2.35.